The highest BCUT2D eigenvalue weighted by Crippen LogP contribution is 2.31. The van der Waals surface area contributed by atoms with Gasteiger partial charge in [-0.15, -0.1) is 0 Å². The van der Waals surface area contributed by atoms with Crippen molar-refractivity contribution in [1.82, 2.24) is 4.98 Å². The Labute approximate surface area is 112 Å². The molecule has 0 atom stereocenters. The van der Waals surface area contributed by atoms with Gasteiger partial charge in [0.05, 0.1) is 12.2 Å². The molecular formula is C15H17N3O. The Hall–Kier alpha value is -2.41. The molecule has 0 spiro atoms. The summed E-state index contributed by atoms with van der Waals surface area (Å²) in [5.41, 5.74) is 10.3. The molecule has 0 aliphatic rings. The molecule has 0 saturated carbocycles. The first-order valence-corrected chi connectivity index (χ1v) is 6.19. The van der Waals surface area contributed by atoms with Gasteiger partial charge >= 0.3 is 0 Å². The standard InChI is InChI=1S/C15H17N3O/c1-4-19-14-6-9(2)12(5-10(14)3)13-7-11(8-16)15(17)18-13/h5-7,18H,4,17H2,1-3H3. The van der Waals surface area contributed by atoms with Crippen molar-refractivity contribution in [2.75, 3.05) is 12.3 Å². The fourth-order valence-electron chi connectivity index (χ4n) is 2.10. The first-order chi connectivity index (χ1) is 9.06. The molecule has 4 heteroatoms. The van der Waals surface area contributed by atoms with E-state index < -0.39 is 0 Å². The summed E-state index contributed by atoms with van der Waals surface area (Å²) < 4.78 is 5.57. The lowest BCUT2D eigenvalue weighted by molar-refractivity contribution is 0.337. The van der Waals surface area contributed by atoms with Crippen molar-refractivity contribution in [2.45, 2.75) is 20.8 Å². The smallest absolute Gasteiger partial charge is 0.122 e. The zero-order valence-corrected chi connectivity index (χ0v) is 11.4. The number of hydrogen-bond donors (Lipinski definition) is 2. The monoisotopic (exact) mass is 255 g/mol. The molecule has 2 aromatic rings. The summed E-state index contributed by atoms with van der Waals surface area (Å²) in [5.74, 6) is 1.30. The molecule has 0 fully saturated rings. The average Bonchev–Trinajstić information content (AvgIpc) is 2.75. The van der Waals surface area contributed by atoms with Crippen LogP contribution >= 0.6 is 0 Å². The zero-order valence-electron chi connectivity index (χ0n) is 11.4. The Morgan fingerprint density at radius 1 is 1.26 bits per heavy atom. The molecule has 0 unspecified atom stereocenters. The summed E-state index contributed by atoms with van der Waals surface area (Å²) in [7, 11) is 0. The van der Waals surface area contributed by atoms with Crippen LogP contribution in [0.3, 0.4) is 0 Å². The maximum absolute atomic E-state index is 8.95. The van der Waals surface area contributed by atoms with Gasteiger partial charge < -0.3 is 15.5 Å². The molecule has 3 N–H and O–H groups in total. The number of ether oxygens (including phenoxy) is 1. The first kappa shape index (κ1) is 13.0. The lowest BCUT2D eigenvalue weighted by Gasteiger charge is -2.11. The van der Waals surface area contributed by atoms with E-state index in [1.54, 1.807) is 6.07 Å². The molecule has 1 aromatic carbocycles. The molecule has 19 heavy (non-hydrogen) atoms. The number of rotatable bonds is 3. The van der Waals surface area contributed by atoms with Crippen molar-refractivity contribution in [3.05, 3.63) is 34.9 Å². The number of anilines is 1. The van der Waals surface area contributed by atoms with Crippen molar-refractivity contribution in [1.29, 1.82) is 5.26 Å². The first-order valence-electron chi connectivity index (χ1n) is 6.19. The predicted molar refractivity (Wildman–Crippen MR) is 76.0 cm³/mol. The van der Waals surface area contributed by atoms with Crippen LogP contribution in [0.4, 0.5) is 5.82 Å². The number of aryl methyl sites for hydroxylation is 2. The minimum absolute atomic E-state index is 0.406. The van der Waals surface area contributed by atoms with E-state index in [4.69, 9.17) is 15.7 Å². The van der Waals surface area contributed by atoms with Crippen LogP contribution in [0.2, 0.25) is 0 Å². The normalized spacial score (nSPS) is 10.2. The highest BCUT2D eigenvalue weighted by atomic mass is 16.5. The maximum atomic E-state index is 8.95. The van der Waals surface area contributed by atoms with Gasteiger partial charge in [0, 0.05) is 11.3 Å². The summed E-state index contributed by atoms with van der Waals surface area (Å²) in [4.78, 5) is 3.05. The minimum Gasteiger partial charge on any atom is -0.494 e. The Balaban J connectivity index is 2.51. The second-order valence-electron chi connectivity index (χ2n) is 4.49. The van der Waals surface area contributed by atoms with E-state index in [2.05, 4.69) is 11.1 Å². The topological polar surface area (TPSA) is 74.8 Å². The van der Waals surface area contributed by atoms with Crippen LogP contribution in [0.5, 0.6) is 5.75 Å². The average molecular weight is 255 g/mol. The van der Waals surface area contributed by atoms with E-state index in [1.165, 1.54) is 0 Å². The van der Waals surface area contributed by atoms with E-state index >= 15 is 0 Å². The molecule has 0 aliphatic carbocycles. The van der Waals surface area contributed by atoms with E-state index in [9.17, 15) is 0 Å². The van der Waals surface area contributed by atoms with Gasteiger partial charge in [-0.3, -0.25) is 0 Å². The summed E-state index contributed by atoms with van der Waals surface area (Å²) >= 11 is 0. The number of nitrogens with one attached hydrogen (secondary N) is 1. The SMILES string of the molecule is CCOc1cc(C)c(-c2cc(C#N)c(N)[nH]2)cc1C. The fraction of sp³-hybridized carbons (Fsp3) is 0.267. The van der Waals surface area contributed by atoms with Crippen LogP contribution in [-0.2, 0) is 0 Å². The Kier molecular flexibility index (Phi) is 3.48. The second kappa shape index (κ2) is 5.07. The van der Waals surface area contributed by atoms with Gasteiger partial charge in [-0.2, -0.15) is 5.26 Å². The van der Waals surface area contributed by atoms with E-state index in [1.807, 2.05) is 32.9 Å². The summed E-state index contributed by atoms with van der Waals surface area (Å²) in [6.07, 6.45) is 0. The fourth-order valence-corrected chi connectivity index (χ4v) is 2.10. The number of nitrogens with zero attached hydrogens (tertiary/aromatic N) is 1. The van der Waals surface area contributed by atoms with Crippen LogP contribution < -0.4 is 10.5 Å². The lowest BCUT2D eigenvalue weighted by atomic mass is 10.0. The van der Waals surface area contributed by atoms with E-state index in [0.717, 1.165) is 28.1 Å². The van der Waals surface area contributed by atoms with Gasteiger partial charge in [0.25, 0.3) is 0 Å². The van der Waals surface area contributed by atoms with Gasteiger partial charge in [0.2, 0.25) is 0 Å². The molecule has 0 radical (unpaired) electrons. The van der Waals surface area contributed by atoms with Crippen LogP contribution in [0.1, 0.15) is 23.6 Å². The third kappa shape index (κ3) is 2.41. The molecule has 4 nitrogen and oxygen atoms in total. The molecule has 0 bridgehead atoms. The zero-order chi connectivity index (χ0) is 14.0. The third-order valence-electron chi connectivity index (χ3n) is 3.08. The molecule has 1 heterocycles. The number of nitriles is 1. The number of nitrogen functional groups attached to an aromatic ring is 1. The van der Waals surface area contributed by atoms with Crippen LogP contribution in [0.25, 0.3) is 11.3 Å². The van der Waals surface area contributed by atoms with E-state index in [-0.39, 0.29) is 0 Å². The van der Waals surface area contributed by atoms with Crippen LogP contribution in [-0.4, -0.2) is 11.6 Å². The van der Waals surface area contributed by atoms with Crippen LogP contribution in [0.15, 0.2) is 18.2 Å². The Bertz CT molecular complexity index is 650. The number of nitrogens with two attached hydrogens (primary N) is 1. The maximum Gasteiger partial charge on any atom is 0.122 e. The number of aromatic amines is 1. The van der Waals surface area contributed by atoms with Gasteiger partial charge in [0.1, 0.15) is 17.6 Å². The highest BCUT2D eigenvalue weighted by molar-refractivity contribution is 5.71. The second-order valence-corrected chi connectivity index (χ2v) is 4.49. The quantitative estimate of drug-likeness (QED) is 0.884. The Morgan fingerprint density at radius 3 is 2.58 bits per heavy atom. The lowest BCUT2D eigenvalue weighted by Crippen LogP contribution is -1.96. The van der Waals surface area contributed by atoms with Crippen molar-refractivity contribution in [3.63, 3.8) is 0 Å². The van der Waals surface area contributed by atoms with Gasteiger partial charge in [-0.1, -0.05) is 0 Å². The number of aromatic nitrogens is 1. The molecule has 98 valence electrons. The molecule has 0 amide bonds. The van der Waals surface area contributed by atoms with Crippen molar-refractivity contribution < 1.29 is 4.74 Å². The minimum atomic E-state index is 0.406. The predicted octanol–water partition coefficient (Wildman–Crippen LogP) is 3.15. The highest BCUT2D eigenvalue weighted by Gasteiger charge is 2.11. The molecule has 0 aliphatic heterocycles. The van der Waals surface area contributed by atoms with Gasteiger partial charge in [-0.25, -0.2) is 0 Å². The summed E-state index contributed by atoms with van der Waals surface area (Å²) in [5, 5.41) is 8.95. The Morgan fingerprint density at radius 2 is 2.00 bits per heavy atom. The number of H-pyrrole nitrogens is 1. The van der Waals surface area contributed by atoms with E-state index in [0.29, 0.717) is 18.0 Å². The summed E-state index contributed by atoms with van der Waals surface area (Å²) in [6.45, 7) is 6.63. The van der Waals surface area contributed by atoms with Crippen molar-refractivity contribution >= 4 is 5.82 Å². The third-order valence-corrected chi connectivity index (χ3v) is 3.08. The number of benzene rings is 1. The molecular weight excluding hydrogens is 238 g/mol. The van der Waals surface area contributed by atoms with Crippen molar-refractivity contribution in [2.24, 2.45) is 0 Å². The molecule has 2 rings (SSSR count). The number of hydrogen-bond acceptors (Lipinski definition) is 3. The van der Waals surface area contributed by atoms with Crippen molar-refractivity contribution in [3.8, 4) is 23.1 Å². The molecule has 0 saturated heterocycles. The van der Waals surface area contributed by atoms with Gasteiger partial charge in [0.15, 0.2) is 0 Å². The largest absolute Gasteiger partial charge is 0.494 e. The van der Waals surface area contributed by atoms with Gasteiger partial charge in [-0.05, 0) is 50.1 Å². The summed E-state index contributed by atoms with van der Waals surface area (Å²) in [6, 6.07) is 7.90. The molecule has 1 aromatic heterocycles. The van der Waals surface area contributed by atoms with Crippen LogP contribution in [0, 0.1) is 25.2 Å².